The Morgan fingerprint density at radius 2 is 1.68 bits per heavy atom. The first kappa shape index (κ1) is 11.6. The average Bonchev–Trinajstić information content (AvgIpc) is 2.93. The summed E-state index contributed by atoms with van der Waals surface area (Å²) in [5.41, 5.74) is 0.990. The zero-order chi connectivity index (χ0) is 13.4. The third-order valence-electron chi connectivity index (χ3n) is 3.37. The van der Waals surface area contributed by atoms with Crippen molar-refractivity contribution in [1.29, 1.82) is 0 Å². The van der Waals surface area contributed by atoms with Gasteiger partial charge in [0, 0.05) is 25.5 Å². The van der Waals surface area contributed by atoms with E-state index in [0.29, 0.717) is 24.2 Å². The van der Waals surface area contributed by atoms with Crippen LogP contribution in [0.1, 0.15) is 26.5 Å². The summed E-state index contributed by atoms with van der Waals surface area (Å²) in [4.78, 5) is 29.7. The first-order valence-corrected chi connectivity index (χ1v) is 6.11. The molecule has 5 heteroatoms. The van der Waals surface area contributed by atoms with Crippen molar-refractivity contribution in [2.45, 2.75) is 13.5 Å². The second-order valence-corrected chi connectivity index (χ2v) is 4.48. The van der Waals surface area contributed by atoms with Crippen LogP contribution in [0.2, 0.25) is 0 Å². The Kier molecular flexibility index (Phi) is 2.67. The van der Waals surface area contributed by atoms with Crippen LogP contribution in [-0.2, 0) is 6.54 Å². The lowest BCUT2D eigenvalue weighted by molar-refractivity contribution is 0.0648. The van der Waals surface area contributed by atoms with E-state index in [0.717, 1.165) is 5.82 Å². The van der Waals surface area contributed by atoms with Gasteiger partial charge in [-0.3, -0.25) is 14.5 Å². The molecule has 0 spiro atoms. The molecule has 2 heterocycles. The Labute approximate surface area is 110 Å². The van der Waals surface area contributed by atoms with Crippen molar-refractivity contribution in [2.75, 3.05) is 6.54 Å². The molecule has 3 rings (SSSR count). The maximum absolute atomic E-state index is 12.1. The number of carbonyl (C=O) groups excluding carboxylic acids is 2. The number of imide groups is 1. The maximum atomic E-state index is 12.1. The number of aryl methyl sites for hydroxylation is 1. The monoisotopic (exact) mass is 255 g/mol. The van der Waals surface area contributed by atoms with Crippen LogP contribution in [-0.4, -0.2) is 32.8 Å². The van der Waals surface area contributed by atoms with E-state index in [1.165, 1.54) is 4.90 Å². The first-order valence-electron chi connectivity index (χ1n) is 6.11. The standard InChI is InChI=1S/C14H13N3O2/c1-10-15-6-7-16(10)8-9-17-13(18)11-4-2-3-5-12(11)14(17)19/h2-7H,8-9H2,1H3. The van der Waals surface area contributed by atoms with Crippen LogP contribution in [0.4, 0.5) is 0 Å². The zero-order valence-electron chi connectivity index (χ0n) is 10.5. The molecule has 0 radical (unpaired) electrons. The second-order valence-electron chi connectivity index (χ2n) is 4.48. The van der Waals surface area contributed by atoms with Crippen molar-refractivity contribution in [3.8, 4) is 0 Å². The number of carbonyl (C=O) groups is 2. The maximum Gasteiger partial charge on any atom is 0.261 e. The van der Waals surface area contributed by atoms with Gasteiger partial charge in [-0.2, -0.15) is 0 Å². The second kappa shape index (κ2) is 4.35. The minimum atomic E-state index is -0.210. The third kappa shape index (κ3) is 1.83. The van der Waals surface area contributed by atoms with E-state index in [2.05, 4.69) is 4.98 Å². The van der Waals surface area contributed by atoms with Crippen LogP contribution >= 0.6 is 0 Å². The molecule has 19 heavy (non-hydrogen) atoms. The van der Waals surface area contributed by atoms with E-state index < -0.39 is 0 Å². The summed E-state index contributed by atoms with van der Waals surface area (Å²) in [6.07, 6.45) is 3.55. The molecule has 0 aliphatic carbocycles. The number of fused-ring (bicyclic) bond motifs is 1. The molecule has 0 saturated carbocycles. The number of imidazole rings is 1. The molecule has 2 amide bonds. The molecule has 96 valence electrons. The minimum absolute atomic E-state index is 0.210. The Hall–Kier alpha value is -2.43. The lowest BCUT2D eigenvalue weighted by Crippen LogP contribution is -2.33. The van der Waals surface area contributed by atoms with Crippen LogP contribution in [0, 0.1) is 6.92 Å². The van der Waals surface area contributed by atoms with Crippen LogP contribution in [0.5, 0.6) is 0 Å². The third-order valence-corrected chi connectivity index (χ3v) is 3.37. The van der Waals surface area contributed by atoms with Gasteiger partial charge in [0.05, 0.1) is 11.1 Å². The SMILES string of the molecule is Cc1nccn1CCN1C(=O)c2ccccc2C1=O. The molecule has 1 aliphatic rings. The summed E-state index contributed by atoms with van der Waals surface area (Å²) in [5.74, 6) is 0.452. The quantitative estimate of drug-likeness (QED) is 0.781. The fourth-order valence-corrected chi connectivity index (χ4v) is 2.29. The van der Waals surface area contributed by atoms with Crippen molar-refractivity contribution < 1.29 is 9.59 Å². The summed E-state index contributed by atoms with van der Waals surface area (Å²) in [6, 6.07) is 6.93. The predicted octanol–water partition coefficient (Wildman–Crippen LogP) is 1.49. The number of hydrogen-bond donors (Lipinski definition) is 0. The fraction of sp³-hybridized carbons (Fsp3) is 0.214. The van der Waals surface area contributed by atoms with E-state index >= 15 is 0 Å². The Morgan fingerprint density at radius 1 is 1.05 bits per heavy atom. The normalized spacial score (nSPS) is 14.1. The highest BCUT2D eigenvalue weighted by atomic mass is 16.2. The first-order chi connectivity index (χ1) is 9.18. The van der Waals surface area contributed by atoms with Crippen LogP contribution in [0.15, 0.2) is 36.7 Å². The van der Waals surface area contributed by atoms with Gasteiger partial charge in [-0.05, 0) is 19.1 Å². The number of rotatable bonds is 3. The Bertz CT molecular complexity index is 625. The summed E-state index contributed by atoms with van der Waals surface area (Å²) >= 11 is 0. The molecule has 0 N–H and O–H groups in total. The average molecular weight is 255 g/mol. The minimum Gasteiger partial charge on any atom is -0.333 e. The summed E-state index contributed by atoms with van der Waals surface area (Å²) in [7, 11) is 0. The smallest absolute Gasteiger partial charge is 0.261 e. The fourth-order valence-electron chi connectivity index (χ4n) is 2.29. The van der Waals surface area contributed by atoms with Crippen molar-refractivity contribution in [3.63, 3.8) is 0 Å². The lowest BCUT2D eigenvalue weighted by atomic mass is 10.1. The van der Waals surface area contributed by atoms with Crippen LogP contribution < -0.4 is 0 Å². The lowest BCUT2D eigenvalue weighted by Gasteiger charge is -2.14. The molecule has 0 fully saturated rings. The highest BCUT2D eigenvalue weighted by Crippen LogP contribution is 2.22. The van der Waals surface area contributed by atoms with E-state index in [4.69, 9.17) is 0 Å². The summed E-state index contributed by atoms with van der Waals surface area (Å²) < 4.78 is 1.92. The predicted molar refractivity (Wildman–Crippen MR) is 68.8 cm³/mol. The number of benzene rings is 1. The van der Waals surface area contributed by atoms with Gasteiger partial charge in [-0.1, -0.05) is 12.1 Å². The van der Waals surface area contributed by atoms with E-state index in [1.54, 1.807) is 30.5 Å². The van der Waals surface area contributed by atoms with Gasteiger partial charge in [0.15, 0.2) is 0 Å². The Balaban J connectivity index is 1.79. The molecule has 5 nitrogen and oxygen atoms in total. The van der Waals surface area contributed by atoms with E-state index in [1.807, 2.05) is 17.7 Å². The number of nitrogens with zero attached hydrogens (tertiary/aromatic N) is 3. The van der Waals surface area contributed by atoms with Crippen LogP contribution in [0.25, 0.3) is 0 Å². The van der Waals surface area contributed by atoms with Gasteiger partial charge in [-0.15, -0.1) is 0 Å². The highest BCUT2D eigenvalue weighted by Gasteiger charge is 2.34. The molecule has 1 aliphatic heterocycles. The van der Waals surface area contributed by atoms with Crippen molar-refractivity contribution in [3.05, 3.63) is 53.6 Å². The van der Waals surface area contributed by atoms with E-state index in [-0.39, 0.29) is 11.8 Å². The van der Waals surface area contributed by atoms with Gasteiger partial charge >= 0.3 is 0 Å². The van der Waals surface area contributed by atoms with Gasteiger partial charge in [0.2, 0.25) is 0 Å². The largest absolute Gasteiger partial charge is 0.333 e. The van der Waals surface area contributed by atoms with Crippen molar-refractivity contribution in [1.82, 2.24) is 14.5 Å². The molecule has 2 aromatic rings. The van der Waals surface area contributed by atoms with Crippen molar-refractivity contribution in [2.24, 2.45) is 0 Å². The van der Waals surface area contributed by atoms with Gasteiger partial charge in [-0.25, -0.2) is 4.98 Å². The molecular formula is C14H13N3O2. The summed E-state index contributed by atoms with van der Waals surface area (Å²) in [6.45, 7) is 2.82. The summed E-state index contributed by atoms with van der Waals surface area (Å²) in [5, 5.41) is 0. The molecular weight excluding hydrogens is 242 g/mol. The number of amides is 2. The van der Waals surface area contributed by atoms with Gasteiger partial charge in [0.1, 0.15) is 5.82 Å². The molecule has 0 unspecified atom stereocenters. The molecule has 0 bridgehead atoms. The van der Waals surface area contributed by atoms with Gasteiger partial charge in [0.25, 0.3) is 11.8 Å². The van der Waals surface area contributed by atoms with Crippen molar-refractivity contribution >= 4 is 11.8 Å². The highest BCUT2D eigenvalue weighted by molar-refractivity contribution is 6.21. The zero-order valence-corrected chi connectivity index (χ0v) is 10.5. The Morgan fingerprint density at radius 3 is 2.21 bits per heavy atom. The number of hydrogen-bond acceptors (Lipinski definition) is 3. The van der Waals surface area contributed by atoms with Crippen LogP contribution in [0.3, 0.4) is 0 Å². The molecule has 0 atom stereocenters. The topological polar surface area (TPSA) is 55.2 Å². The molecule has 1 aromatic heterocycles. The van der Waals surface area contributed by atoms with E-state index in [9.17, 15) is 9.59 Å². The molecule has 0 saturated heterocycles. The van der Waals surface area contributed by atoms with Gasteiger partial charge < -0.3 is 4.57 Å². The number of aromatic nitrogens is 2. The molecule has 1 aromatic carbocycles.